The third kappa shape index (κ3) is 3.23. The Bertz CT molecular complexity index is 1810. The number of nitrogens with one attached hydrogen (secondary N) is 2. The Morgan fingerprint density at radius 2 is 1.78 bits per heavy atom. The Hall–Kier alpha value is -4.41. The molecule has 1 aliphatic rings. The molecule has 0 spiro atoms. The van der Waals surface area contributed by atoms with Gasteiger partial charge >= 0.3 is 0 Å². The van der Waals surface area contributed by atoms with E-state index in [1.807, 2.05) is 47.3 Å². The fourth-order valence-corrected chi connectivity index (χ4v) is 5.68. The molecule has 2 atom stereocenters. The van der Waals surface area contributed by atoms with E-state index in [1.54, 1.807) is 13.4 Å². The molecular formula is C26H21N9S. The minimum absolute atomic E-state index is 0.160. The second kappa shape index (κ2) is 8.36. The van der Waals surface area contributed by atoms with Crippen LogP contribution in [0, 0.1) is 0 Å². The van der Waals surface area contributed by atoms with Gasteiger partial charge in [0, 0.05) is 24.3 Å². The second-order valence-corrected chi connectivity index (χ2v) is 9.46. The number of hydrogen-bond acceptors (Lipinski definition) is 5. The lowest BCUT2D eigenvalue weighted by Gasteiger charge is -2.29. The minimum Gasteiger partial charge on any atom is -0.345 e. The van der Waals surface area contributed by atoms with Gasteiger partial charge in [0.2, 0.25) is 0 Å². The maximum Gasteiger partial charge on any atom is 0.162 e. The number of para-hydroxylation sites is 2. The fourth-order valence-electron chi connectivity index (χ4n) is 5.02. The van der Waals surface area contributed by atoms with Crippen LogP contribution in [0.4, 0.5) is 5.69 Å². The zero-order valence-corrected chi connectivity index (χ0v) is 20.1. The first-order chi connectivity index (χ1) is 17.8. The standard InChI is InChI=1S/C26H21N9S/c1-27-36-26-31-25(35-23-9-5-4-8-21(23)32-33-35)24(18-12-13-28-19-7-3-2-6-17(18)19)34(26)16-10-11-20-22(14-16)30-15-29-20/h2-15,24-25,31H,1H3,(H,29,30). The summed E-state index contributed by atoms with van der Waals surface area (Å²) in [5.41, 5.74) is 6.80. The summed E-state index contributed by atoms with van der Waals surface area (Å²) in [6, 6.07) is 24.5. The lowest BCUT2D eigenvalue weighted by atomic mass is 9.99. The molecule has 3 aromatic heterocycles. The summed E-state index contributed by atoms with van der Waals surface area (Å²) in [5, 5.41) is 14.8. The van der Waals surface area contributed by atoms with E-state index >= 15 is 0 Å². The first-order valence-corrected chi connectivity index (χ1v) is 12.3. The molecule has 6 aromatic rings. The lowest BCUT2D eigenvalue weighted by Crippen LogP contribution is -2.31. The number of hydrogen-bond donors (Lipinski definition) is 2. The number of anilines is 1. The molecular weight excluding hydrogens is 470 g/mol. The third-order valence-corrected chi connectivity index (χ3v) is 7.24. The Kier molecular flexibility index (Phi) is 4.86. The molecule has 3 aromatic carbocycles. The Labute approximate surface area is 209 Å². The molecule has 10 heteroatoms. The molecule has 0 amide bonds. The number of rotatable bonds is 3. The molecule has 0 radical (unpaired) electrons. The van der Waals surface area contributed by atoms with Crippen molar-refractivity contribution in [3.63, 3.8) is 0 Å². The number of fused-ring (bicyclic) bond motifs is 3. The van der Waals surface area contributed by atoms with Crippen molar-refractivity contribution in [1.82, 2.24) is 35.3 Å². The number of imidazole rings is 1. The van der Waals surface area contributed by atoms with Gasteiger partial charge in [-0.2, -0.15) is 0 Å². The number of aromatic amines is 1. The van der Waals surface area contributed by atoms with Gasteiger partial charge in [-0.1, -0.05) is 35.5 Å². The van der Waals surface area contributed by atoms with Crippen LogP contribution in [0.1, 0.15) is 17.8 Å². The molecule has 0 saturated carbocycles. The highest BCUT2D eigenvalue weighted by atomic mass is 32.1. The summed E-state index contributed by atoms with van der Waals surface area (Å²) in [6.07, 6.45) is 3.35. The second-order valence-electron chi connectivity index (χ2n) is 8.53. The largest absolute Gasteiger partial charge is 0.345 e. The van der Waals surface area contributed by atoms with Crippen molar-refractivity contribution in [2.45, 2.75) is 12.2 Å². The van der Waals surface area contributed by atoms with Crippen molar-refractivity contribution in [1.29, 1.82) is 0 Å². The Morgan fingerprint density at radius 3 is 2.69 bits per heavy atom. The van der Waals surface area contributed by atoms with Gasteiger partial charge in [0.15, 0.2) is 5.11 Å². The smallest absolute Gasteiger partial charge is 0.162 e. The van der Waals surface area contributed by atoms with Crippen molar-refractivity contribution in [2.75, 3.05) is 11.9 Å². The molecule has 7 rings (SSSR count). The van der Waals surface area contributed by atoms with Crippen LogP contribution in [-0.2, 0) is 11.1 Å². The van der Waals surface area contributed by atoms with Crippen LogP contribution < -0.4 is 10.2 Å². The molecule has 9 nitrogen and oxygen atoms in total. The minimum atomic E-state index is -0.245. The van der Waals surface area contributed by atoms with Gasteiger partial charge in [0.25, 0.3) is 0 Å². The van der Waals surface area contributed by atoms with E-state index in [9.17, 15) is 0 Å². The van der Waals surface area contributed by atoms with Gasteiger partial charge in [0.05, 0.1) is 34.4 Å². The fraction of sp³-hybridized carbons (Fsp3) is 0.115. The summed E-state index contributed by atoms with van der Waals surface area (Å²) in [6.45, 7) is 0. The number of aromatic nitrogens is 6. The van der Waals surface area contributed by atoms with Crippen molar-refractivity contribution < 1.29 is 0 Å². The van der Waals surface area contributed by atoms with Crippen LogP contribution in [0.15, 0.2) is 89.7 Å². The molecule has 4 heterocycles. The predicted octanol–water partition coefficient (Wildman–Crippen LogP) is 4.19. The molecule has 36 heavy (non-hydrogen) atoms. The average Bonchev–Trinajstić information content (AvgIpc) is 3.65. The van der Waals surface area contributed by atoms with Crippen LogP contribution in [-0.4, -0.2) is 42.1 Å². The maximum atomic E-state index is 4.62. The van der Waals surface area contributed by atoms with E-state index in [1.165, 1.54) is 11.1 Å². The zero-order chi connectivity index (χ0) is 24.1. The summed E-state index contributed by atoms with van der Waals surface area (Å²) < 4.78 is 6.38. The van der Waals surface area contributed by atoms with Crippen LogP contribution in [0.2, 0.25) is 0 Å². The highest BCUT2D eigenvalue weighted by molar-refractivity contribution is 7.69. The number of benzene rings is 3. The first kappa shape index (κ1) is 20.9. The first-order valence-electron chi connectivity index (χ1n) is 11.6. The highest BCUT2D eigenvalue weighted by Crippen LogP contribution is 2.42. The predicted molar refractivity (Wildman–Crippen MR) is 143 cm³/mol. The third-order valence-electron chi connectivity index (χ3n) is 6.57. The van der Waals surface area contributed by atoms with Gasteiger partial charge in [0.1, 0.15) is 11.7 Å². The number of H-pyrrole nitrogens is 1. The van der Waals surface area contributed by atoms with Crippen LogP contribution in [0.5, 0.6) is 0 Å². The quantitative estimate of drug-likeness (QED) is 0.360. The average molecular weight is 492 g/mol. The molecule has 1 saturated heterocycles. The van der Waals surface area contributed by atoms with Gasteiger partial charge in [-0.3, -0.25) is 4.98 Å². The van der Waals surface area contributed by atoms with Gasteiger partial charge < -0.3 is 9.88 Å². The molecule has 1 fully saturated rings. The van der Waals surface area contributed by atoms with Crippen molar-refractivity contribution >= 4 is 54.9 Å². The number of nitrogens with zero attached hydrogens (tertiary/aromatic N) is 7. The SMILES string of the molecule is CN=S=C1NC(n2nnc3ccccc32)C(c2ccnc3ccccc23)N1c1ccc2nc[nH]c2c1. The summed E-state index contributed by atoms with van der Waals surface area (Å²) in [5.74, 6) is 0. The molecule has 176 valence electrons. The summed E-state index contributed by atoms with van der Waals surface area (Å²) >= 11 is 1.41. The van der Waals surface area contributed by atoms with E-state index in [4.69, 9.17) is 0 Å². The van der Waals surface area contributed by atoms with E-state index in [0.29, 0.717) is 0 Å². The van der Waals surface area contributed by atoms with Crippen molar-refractivity contribution in [3.05, 3.63) is 90.9 Å². The normalized spacial score (nSPS) is 17.9. The van der Waals surface area contributed by atoms with E-state index < -0.39 is 0 Å². The molecule has 2 N–H and O–H groups in total. The van der Waals surface area contributed by atoms with Gasteiger partial charge in [-0.25, -0.2) is 19.3 Å². The maximum absolute atomic E-state index is 4.62. The van der Waals surface area contributed by atoms with E-state index in [0.717, 1.165) is 49.3 Å². The topological polar surface area (TPSA) is 99.9 Å². The summed E-state index contributed by atoms with van der Waals surface area (Å²) in [7, 11) is 1.80. The van der Waals surface area contributed by atoms with Gasteiger partial charge in [-0.05, 0) is 59.2 Å². The van der Waals surface area contributed by atoms with Gasteiger partial charge in [-0.15, -0.1) is 5.10 Å². The Morgan fingerprint density at radius 1 is 0.917 bits per heavy atom. The lowest BCUT2D eigenvalue weighted by molar-refractivity contribution is 0.398. The molecule has 2 unspecified atom stereocenters. The molecule has 0 aliphatic carbocycles. The monoisotopic (exact) mass is 491 g/mol. The summed E-state index contributed by atoms with van der Waals surface area (Å²) in [4.78, 5) is 14.6. The zero-order valence-electron chi connectivity index (χ0n) is 19.3. The molecule has 1 aliphatic heterocycles. The number of pyridine rings is 1. The Balaban J connectivity index is 1.51. The molecule has 0 bridgehead atoms. The van der Waals surface area contributed by atoms with Crippen LogP contribution in [0.25, 0.3) is 33.0 Å². The van der Waals surface area contributed by atoms with E-state index in [2.05, 4.69) is 76.2 Å². The van der Waals surface area contributed by atoms with E-state index in [-0.39, 0.29) is 12.2 Å². The van der Waals surface area contributed by atoms with Crippen molar-refractivity contribution in [3.8, 4) is 0 Å². The van der Waals surface area contributed by atoms with Crippen molar-refractivity contribution in [2.24, 2.45) is 4.36 Å². The van der Waals surface area contributed by atoms with Crippen LogP contribution in [0.3, 0.4) is 0 Å². The highest BCUT2D eigenvalue weighted by Gasteiger charge is 2.42. The van der Waals surface area contributed by atoms with Crippen LogP contribution >= 0.6 is 0 Å².